The highest BCUT2D eigenvalue weighted by Crippen LogP contribution is 2.59. The fraction of sp³-hybridized carbons (Fsp3) is 0.0690. The van der Waals surface area contributed by atoms with Crippen molar-refractivity contribution in [2.45, 2.75) is 12.6 Å². The van der Waals surface area contributed by atoms with Crippen LogP contribution in [-0.2, 0) is 4.57 Å². The summed E-state index contributed by atoms with van der Waals surface area (Å²) in [5.74, 6) is 0. The van der Waals surface area contributed by atoms with Crippen LogP contribution in [-0.4, -0.2) is 9.78 Å². The molecule has 0 aliphatic heterocycles. The van der Waals surface area contributed by atoms with Crippen LogP contribution < -0.4 is 16.2 Å². The summed E-state index contributed by atoms with van der Waals surface area (Å²) in [4.78, 5) is 13.9. The van der Waals surface area contributed by atoms with Gasteiger partial charge in [-0.05, 0) is 24.6 Å². The van der Waals surface area contributed by atoms with Gasteiger partial charge in [0.1, 0.15) is 0 Å². The van der Waals surface area contributed by atoms with Gasteiger partial charge in [0.25, 0.3) is 5.56 Å². The normalized spacial score (nSPS) is 12.4. The molecule has 0 aliphatic carbocycles. The Labute approximate surface area is 198 Å². The van der Waals surface area contributed by atoms with Crippen LogP contribution in [0, 0.1) is 6.92 Å². The zero-order valence-corrected chi connectivity index (χ0v) is 19.7. The summed E-state index contributed by atoms with van der Waals surface area (Å²) in [6, 6.07) is 38.2. The maximum atomic E-state index is 15.4. The summed E-state index contributed by atoms with van der Waals surface area (Å²) in [6.45, 7) is 1.88. The van der Waals surface area contributed by atoms with Crippen molar-refractivity contribution in [2.75, 3.05) is 0 Å². The Balaban J connectivity index is 1.84. The minimum atomic E-state index is -3.34. The van der Waals surface area contributed by atoms with Crippen LogP contribution in [0.3, 0.4) is 0 Å². The van der Waals surface area contributed by atoms with Gasteiger partial charge in [-0.3, -0.25) is 9.89 Å². The molecule has 4 nitrogen and oxygen atoms in total. The van der Waals surface area contributed by atoms with Crippen molar-refractivity contribution in [1.82, 2.24) is 9.78 Å². The van der Waals surface area contributed by atoms with Crippen molar-refractivity contribution < 1.29 is 4.57 Å². The highest BCUT2D eigenvalue weighted by atomic mass is 31.2. The lowest BCUT2D eigenvalue weighted by molar-refractivity contribution is 0.582. The molecule has 34 heavy (non-hydrogen) atoms. The lowest BCUT2D eigenvalue weighted by Gasteiger charge is -2.29. The number of nitrogens with zero attached hydrogens (tertiary/aromatic N) is 1. The third-order valence-electron chi connectivity index (χ3n) is 6.16. The van der Waals surface area contributed by atoms with Gasteiger partial charge >= 0.3 is 0 Å². The van der Waals surface area contributed by atoms with Crippen LogP contribution in [0.15, 0.2) is 126 Å². The lowest BCUT2D eigenvalue weighted by Crippen LogP contribution is -2.26. The summed E-state index contributed by atoms with van der Waals surface area (Å²) < 4.78 is 16.9. The Kier molecular flexibility index (Phi) is 5.91. The Morgan fingerprint density at radius 3 is 1.62 bits per heavy atom. The Morgan fingerprint density at radius 2 is 1.12 bits per heavy atom. The second-order valence-electron chi connectivity index (χ2n) is 8.27. The largest absolute Gasteiger partial charge is 0.313 e. The molecule has 5 heteroatoms. The van der Waals surface area contributed by atoms with Crippen LogP contribution in [0.5, 0.6) is 0 Å². The predicted octanol–water partition coefficient (Wildman–Crippen LogP) is 5.58. The first-order valence-corrected chi connectivity index (χ1v) is 13.0. The molecule has 5 rings (SSSR count). The van der Waals surface area contributed by atoms with E-state index in [-0.39, 0.29) is 5.56 Å². The van der Waals surface area contributed by atoms with Crippen molar-refractivity contribution in [3.05, 3.63) is 149 Å². The monoisotopic (exact) mass is 464 g/mol. The molecule has 0 fully saturated rings. The molecule has 1 heterocycles. The van der Waals surface area contributed by atoms with Crippen molar-refractivity contribution in [3.63, 3.8) is 0 Å². The minimum Gasteiger partial charge on any atom is -0.313 e. The van der Waals surface area contributed by atoms with E-state index < -0.39 is 12.8 Å². The summed E-state index contributed by atoms with van der Waals surface area (Å²) in [5, 5.41) is 4.68. The Morgan fingerprint density at radius 1 is 0.676 bits per heavy atom. The average Bonchev–Trinajstić information content (AvgIpc) is 3.20. The van der Waals surface area contributed by atoms with Gasteiger partial charge in [0, 0.05) is 16.3 Å². The van der Waals surface area contributed by atoms with E-state index in [4.69, 9.17) is 0 Å². The first-order valence-electron chi connectivity index (χ1n) is 11.2. The van der Waals surface area contributed by atoms with Crippen LogP contribution in [0.4, 0.5) is 0 Å². The Bertz CT molecular complexity index is 1450. The number of hydrogen-bond acceptors (Lipinski definition) is 2. The topological polar surface area (TPSA) is 54.9 Å². The molecule has 1 N–H and O–H groups in total. The van der Waals surface area contributed by atoms with Gasteiger partial charge < -0.3 is 4.57 Å². The number of benzene rings is 4. The number of aromatic amines is 1. The quantitative estimate of drug-likeness (QED) is 0.334. The number of aryl methyl sites for hydroxylation is 1. The first kappa shape index (κ1) is 21.9. The van der Waals surface area contributed by atoms with Crippen molar-refractivity contribution >= 4 is 17.8 Å². The summed E-state index contributed by atoms with van der Waals surface area (Å²) in [7, 11) is -3.34. The standard InChI is InChI=1S/C29H25N2O2P/c1-22-27(29(32)31(30-22)24-16-8-3-9-17-24)28(23-14-6-2-7-15-23)34(33,25-18-10-4-11-19-25)26-20-12-5-13-21-26/h2-21,28,30H,1H3. The highest BCUT2D eigenvalue weighted by molar-refractivity contribution is 7.79. The van der Waals surface area contributed by atoms with E-state index in [9.17, 15) is 4.79 Å². The second-order valence-corrected chi connectivity index (χ2v) is 11.1. The molecule has 0 saturated heterocycles. The molecular weight excluding hydrogens is 439 g/mol. The van der Waals surface area contributed by atoms with E-state index in [0.29, 0.717) is 11.3 Å². The average molecular weight is 465 g/mol. The van der Waals surface area contributed by atoms with Gasteiger partial charge in [-0.15, -0.1) is 0 Å². The van der Waals surface area contributed by atoms with Crippen LogP contribution >= 0.6 is 7.14 Å². The third-order valence-corrected chi connectivity index (χ3v) is 9.58. The molecule has 1 unspecified atom stereocenters. The van der Waals surface area contributed by atoms with Gasteiger partial charge in [-0.2, -0.15) is 0 Å². The molecule has 168 valence electrons. The first-order chi connectivity index (χ1) is 16.6. The molecular formula is C29H25N2O2P. The van der Waals surface area contributed by atoms with Crippen molar-refractivity contribution in [2.24, 2.45) is 0 Å². The lowest BCUT2D eigenvalue weighted by atomic mass is 10.1. The smallest absolute Gasteiger partial charge is 0.275 e. The number of para-hydroxylation sites is 1. The van der Waals surface area contributed by atoms with Crippen LogP contribution in [0.1, 0.15) is 22.5 Å². The van der Waals surface area contributed by atoms with Crippen molar-refractivity contribution in [3.8, 4) is 5.69 Å². The second kappa shape index (κ2) is 9.17. The van der Waals surface area contributed by atoms with Gasteiger partial charge in [-0.1, -0.05) is 109 Å². The van der Waals surface area contributed by atoms with Gasteiger partial charge in [0.05, 0.1) is 16.9 Å². The van der Waals surface area contributed by atoms with Crippen LogP contribution in [0.2, 0.25) is 0 Å². The van der Waals surface area contributed by atoms with Crippen molar-refractivity contribution in [1.29, 1.82) is 0 Å². The zero-order valence-electron chi connectivity index (χ0n) is 18.8. The molecule has 0 aliphatic rings. The highest BCUT2D eigenvalue weighted by Gasteiger charge is 2.42. The fourth-order valence-electron chi connectivity index (χ4n) is 4.58. The SMILES string of the molecule is Cc1[nH]n(-c2ccccc2)c(=O)c1C(c1ccccc1)P(=O)(c1ccccc1)c1ccccc1. The number of H-pyrrole nitrogens is 1. The maximum Gasteiger partial charge on any atom is 0.275 e. The number of aromatic nitrogens is 2. The van der Waals surface area contributed by atoms with E-state index >= 15 is 4.57 Å². The van der Waals surface area contributed by atoms with Gasteiger partial charge in [0.2, 0.25) is 0 Å². The van der Waals surface area contributed by atoms with Gasteiger partial charge in [0.15, 0.2) is 7.14 Å². The van der Waals surface area contributed by atoms with E-state index in [1.165, 1.54) is 0 Å². The molecule has 0 saturated carbocycles. The minimum absolute atomic E-state index is 0.190. The maximum absolute atomic E-state index is 15.4. The van der Waals surface area contributed by atoms with E-state index in [0.717, 1.165) is 21.9 Å². The molecule has 1 atom stereocenters. The molecule has 5 aromatic rings. The van der Waals surface area contributed by atoms with E-state index in [1.807, 2.05) is 128 Å². The number of nitrogens with one attached hydrogen (secondary N) is 1. The number of rotatable bonds is 6. The molecule has 0 radical (unpaired) electrons. The summed E-state index contributed by atoms with van der Waals surface area (Å²) in [6.07, 6.45) is 0. The zero-order chi connectivity index (χ0) is 23.5. The molecule has 4 aromatic carbocycles. The fourth-order valence-corrected chi connectivity index (χ4v) is 7.96. The van der Waals surface area contributed by atoms with E-state index in [1.54, 1.807) is 4.68 Å². The Hall–Kier alpha value is -3.88. The third kappa shape index (κ3) is 3.76. The molecule has 1 aromatic heterocycles. The molecule has 0 spiro atoms. The van der Waals surface area contributed by atoms with Crippen LogP contribution in [0.25, 0.3) is 5.69 Å². The molecule has 0 bridgehead atoms. The summed E-state index contributed by atoms with van der Waals surface area (Å²) >= 11 is 0. The predicted molar refractivity (Wildman–Crippen MR) is 139 cm³/mol. The summed E-state index contributed by atoms with van der Waals surface area (Å²) in [5.41, 5.74) is 1.97. The molecule has 0 amide bonds. The number of hydrogen-bond donors (Lipinski definition) is 1. The van der Waals surface area contributed by atoms with Gasteiger partial charge in [-0.25, -0.2) is 4.68 Å². The van der Waals surface area contributed by atoms with E-state index in [2.05, 4.69) is 5.10 Å².